The van der Waals surface area contributed by atoms with Crippen LogP contribution in [0.25, 0.3) is 5.69 Å². The van der Waals surface area contributed by atoms with E-state index in [1.165, 1.54) is 10.1 Å². The Hall–Kier alpha value is -3.28. The Balaban J connectivity index is 1.32. The molecule has 206 valence electrons. The molecule has 2 aromatic rings. The maximum absolute atomic E-state index is 12.7. The highest BCUT2D eigenvalue weighted by atomic mass is 16.2. The van der Waals surface area contributed by atoms with Crippen LogP contribution in [0.5, 0.6) is 0 Å². The molecule has 0 bridgehead atoms. The summed E-state index contributed by atoms with van der Waals surface area (Å²) in [6, 6.07) is 9.41. The van der Waals surface area contributed by atoms with Crippen LogP contribution >= 0.6 is 0 Å². The summed E-state index contributed by atoms with van der Waals surface area (Å²) in [4.78, 5) is 47.5. The van der Waals surface area contributed by atoms with Crippen LogP contribution in [0.15, 0.2) is 41.3 Å². The molecule has 3 heterocycles. The van der Waals surface area contributed by atoms with E-state index < -0.39 is 11.2 Å². The second-order valence-corrected chi connectivity index (χ2v) is 10.9. The highest BCUT2D eigenvalue weighted by Gasteiger charge is 2.31. The molecule has 0 radical (unpaired) electrons. The Bertz CT molecular complexity index is 1180. The summed E-state index contributed by atoms with van der Waals surface area (Å²) in [7, 11) is 0. The fourth-order valence-corrected chi connectivity index (χ4v) is 5.10. The summed E-state index contributed by atoms with van der Waals surface area (Å²) in [5, 5.41) is 2.69. The first-order chi connectivity index (χ1) is 18.0. The number of nitrogens with zero attached hydrogens (tertiary/aromatic N) is 5. The molecular weight excluding hydrogens is 484 g/mol. The zero-order chi connectivity index (χ0) is 27.4. The van der Waals surface area contributed by atoms with Crippen molar-refractivity contribution >= 4 is 17.8 Å². The summed E-state index contributed by atoms with van der Waals surface area (Å²) in [6.07, 6.45) is 3.72. The van der Waals surface area contributed by atoms with Crippen molar-refractivity contribution in [2.45, 2.75) is 51.7 Å². The number of benzene rings is 1. The smallest absolute Gasteiger partial charge is 0.338 e. The summed E-state index contributed by atoms with van der Waals surface area (Å²) in [6.45, 7) is 9.96. The summed E-state index contributed by atoms with van der Waals surface area (Å²) in [5.41, 5.74) is 12.6. The van der Waals surface area contributed by atoms with Gasteiger partial charge in [-0.15, -0.1) is 0 Å². The average molecular weight is 525 g/mol. The van der Waals surface area contributed by atoms with E-state index in [0.29, 0.717) is 37.8 Å². The Labute approximate surface area is 223 Å². The molecule has 2 aliphatic heterocycles. The second-order valence-electron chi connectivity index (χ2n) is 10.9. The van der Waals surface area contributed by atoms with Crippen LogP contribution in [-0.2, 0) is 11.3 Å². The molecule has 0 aliphatic carbocycles. The molecule has 38 heavy (non-hydrogen) atoms. The largest absolute Gasteiger partial charge is 0.354 e. The predicted molar refractivity (Wildman–Crippen MR) is 147 cm³/mol. The van der Waals surface area contributed by atoms with Gasteiger partial charge in [0.25, 0.3) is 0 Å². The molecule has 0 saturated carbocycles. The SMILES string of the molecule is CCC1CN(Cc2ccc(-n3ccc(NC(=O)N4CCN(C(=O)C(C)(C)N)CC4)nc3=O)cc2)CCC1N. The number of carbonyl (C=O) groups is 2. The lowest BCUT2D eigenvalue weighted by Crippen LogP contribution is -2.58. The van der Waals surface area contributed by atoms with Crippen LogP contribution in [0.4, 0.5) is 10.6 Å². The molecule has 2 aliphatic rings. The van der Waals surface area contributed by atoms with Gasteiger partial charge in [-0.2, -0.15) is 4.98 Å². The van der Waals surface area contributed by atoms with E-state index in [1.807, 2.05) is 24.3 Å². The Morgan fingerprint density at radius 2 is 1.71 bits per heavy atom. The number of nitrogens with one attached hydrogen (secondary N) is 1. The topological polar surface area (TPSA) is 143 Å². The van der Waals surface area contributed by atoms with Gasteiger partial charge < -0.3 is 21.3 Å². The molecule has 3 amide bonds. The van der Waals surface area contributed by atoms with E-state index in [1.54, 1.807) is 35.9 Å². The number of aromatic nitrogens is 2. The molecule has 0 spiro atoms. The van der Waals surface area contributed by atoms with Gasteiger partial charge in [0.15, 0.2) is 0 Å². The molecular formula is C27H40N8O3. The van der Waals surface area contributed by atoms with Crippen molar-refractivity contribution in [3.63, 3.8) is 0 Å². The maximum Gasteiger partial charge on any atom is 0.354 e. The predicted octanol–water partition coefficient (Wildman–Crippen LogP) is 1.21. The second kappa shape index (κ2) is 11.6. The van der Waals surface area contributed by atoms with Crippen LogP contribution in [0.3, 0.4) is 0 Å². The standard InChI is InChI=1S/C27H40N8O3/c1-4-20-18-32(11-9-22(20)28)17-19-5-7-21(8-6-19)35-12-10-23(31-26(35)38)30-25(37)34-15-13-33(14-16-34)24(36)27(2,3)29/h5-8,10,12,20,22H,4,9,11,13-18,28-29H2,1-3H3,(H,30,31,37,38). The van der Waals surface area contributed by atoms with Crippen molar-refractivity contribution in [3.8, 4) is 5.69 Å². The lowest BCUT2D eigenvalue weighted by molar-refractivity contribution is -0.137. The molecule has 1 aromatic heterocycles. The van der Waals surface area contributed by atoms with E-state index in [-0.39, 0.29) is 23.8 Å². The quantitative estimate of drug-likeness (QED) is 0.515. The number of amides is 3. The van der Waals surface area contributed by atoms with E-state index in [2.05, 4.69) is 22.1 Å². The van der Waals surface area contributed by atoms with Gasteiger partial charge in [-0.25, -0.2) is 9.59 Å². The minimum Gasteiger partial charge on any atom is -0.338 e. The number of piperazine rings is 1. The number of hydrogen-bond donors (Lipinski definition) is 3. The third-order valence-electron chi connectivity index (χ3n) is 7.47. The van der Waals surface area contributed by atoms with E-state index in [4.69, 9.17) is 11.5 Å². The van der Waals surface area contributed by atoms with Crippen molar-refractivity contribution in [1.82, 2.24) is 24.3 Å². The van der Waals surface area contributed by atoms with E-state index in [0.717, 1.165) is 32.5 Å². The van der Waals surface area contributed by atoms with Crippen molar-refractivity contribution in [2.75, 3.05) is 44.6 Å². The van der Waals surface area contributed by atoms with Gasteiger partial charge in [-0.05, 0) is 56.5 Å². The van der Waals surface area contributed by atoms with Gasteiger partial charge in [0.1, 0.15) is 5.82 Å². The molecule has 2 fully saturated rings. The number of nitrogens with two attached hydrogens (primary N) is 2. The Morgan fingerprint density at radius 3 is 2.32 bits per heavy atom. The third kappa shape index (κ3) is 6.58. The number of anilines is 1. The molecule has 11 nitrogen and oxygen atoms in total. The molecule has 2 saturated heterocycles. The first-order valence-corrected chi connectivity index (χ1v) is 13.4. The zero-order valence-corrected chi connectivity index (χ0v) is 22.6. The fourth-order valence-electron chi connectivity index (χ4n) is 5.10. The van der Waals surface area contributed by atoms with Crippen molar-refractivity contribution < 1.29 is 9.59 Å². The van der Waals surface area contributed by atoms with Gasteiger partial charge in [0, 0.05) is 51.5 Å². The van der Waals surface area contributed by atoms with Gasteiger partial charge >= 0.3 is 11.7 Å². The lowest BCUT2D eigenvalue weighted by Gasteiger charge is -2.37. The summed E-state index contributed by atoms with van der Waals surface area (Å²) in [5.74, 6) is 0.574. The molecule has 5 N–H and O–H groups in total. The highest BCUT2D eigenvalue weighted by Crippen LogP contribution is 2.21. The van der Waals surface area contributed by atoms with Crippen LogP contribution in [0, 0.1) is 5.92 Å². The monoisotopic (exact) mass is 524 g/mol. The van der Waals surface area contributed by atoms with Gasteiger partial charge in [-0.3, -0.25) is 19.6 Å². The molecule has 4 rings (SSSR count). The number of carbonyl (C=O) groups excluding carboxylic acids is 2. The van der Waals surface area contributed by atoms with Crippen LogP contribution in [0.2, 0.25) is 0 Å². The number of urea groups is 1. The first-order valence-electron chi connectivity index (χ1n) is 13.4. The minimum absolute atomic E-state index is 0.141. The van der Waals surface area contributed by atoms with E-state index in [9.17, 15) is 14.4 Å². The fraction of sp³-hybridized carbons (Fsp3) is 0.556. The highest BCUT2D eigenvalue weighted by molar-refractivity contribution is 5.89. The number of hydrogen-bond acceptors (Lipinski definition) is 7. The van der Waals surface area contributed by atoms with Crippen LogP contribution < -0.4 is 22.5 Å². The van der Waals surface area contributed by atoms with E-state index >= 15 is 0 Å². The summed E-state index contributed by atoms with van der Waals surface area (Å²) >= 11 is 0. The lowest BCUT2D eigenvalue weighted by atomic mass is 9.90. The Morgan fingerprint density at radius 1 is 1.05 bits per heavy atom. The maximum atomic E-state index is 12.7. The van der Waals surface area contributed by atoms with Gasteiger partial charge in [-0.1, -0.05) is 25.5 Å². The van der Waals surface area contributed by atoms with Crippen LogP contribution in [0.1, 0.15) is 39.2 Å². The average Bonchev–Trinajstić information content (AvgIpc) is 2.89. The summed E-state index contributed by atoms with van der Waals surface area (Å²) < 4.78 is 1.45. The molecule has 2 unspecified atom stereocenters. The number of piperidine rings is 1. The van der Waals surface area contributed by atoms with Crippen molar-refractivity contribution in [3.05, 3.63) is 52.6 Å². The third-order valence-corrected chi connectivity index (χ3v) is 7.47. The molecule has 11 heteroatoms. The number of likely N-dealkylation sites (tertiary alicyclic amines) is 1. The minimum atomic E-state index is -0.946. The number of rotatable bonds is 6. The molecule has 1 aromatic carbocycles. The zero-order valence-electron chi connectivity index (χ0n) is 22.6. The molecule has 2 atom stereocenters. The Kier molecular flexibility index (Phi) is 8.49. The normalized spacial score (nSPS) is 20.9. The van der Waals surface area contributed by atoms with Crippen molar-refractivity contribution in [1.29, 1.82) is 0 Å². The van der Waals surface area contributed by atoms with Gasteiger partial charge in [0.05, 0.1) is 11.2 Å². The van der Waals surface area contributed by atoms with Crippen LogP contribution in [-0.4, -0.2) is 87.0 Å². The van der Waals surface area contributed by atoms with Gasteiger partial charge in [0.2, 0.25) is 5.91 Å². The first kappa shape index (κ1) is 27.7. The van der Waals surface area contributed by atoms with Crippen molar-refractivity contribution in [2.24, 2.45) is 17.4 Å².